The molecule has 2 N–H and O–H groups in total. The molecule has 0 saturated heterocycles. The van der Waals surface area contributed by atoms with Crippen molar-refractivity contribution in [3.8, 4) is 0 Å². The number of hydrogen-bond acceptors (Lipinski definition) is 2. The highest BCUT2D eigenvalue weighted by molar-refractivity contribution is 7.80. The Kier molecular flexibility index (Phi) is 4.91. The summed E-state index contributed by atoms with van der Waals surface area (Å²) >= 11 is 5.24. The van der Waals surface area contributed by atoms with Crippen molar-refractivity contribution in [2.45, 2.75) is 39.5 Å². The van der Waals surface area contributed by atoms with Crippen molar-refractivity contribution in [3.05, 3.63) is 29.8 Å². The van der Waals surface area contributed by atoms with E-state index in [-0.39, 0.29) is 0 Å². The molecule has 1 aliphatic rings. The van der Waals surface area contributed by atoms with Crippen LogP contribution in [0.3, 0.4) is 0 Å². The molecule has 0 unspecified atom stereocenters. The molecule has 2 rings (SSSR count). The van der Waals surface area contributed by atoms with Crippen LogP contribution < -0.4 is 10.7 Å². The van der Waals surface area contributed by atoms with E-state index in [4.69, 9.17) is 12.2 Å². The van der Waals surface area contributed by atoms with Crippen LogP contribution in [-0.4, -0.2) is 10.8 Å². The van der Waals surface area contributed by atoms with Crippen LogP contribution in [0.25, 0.3) is 0 Å². The molecule has 102 valence electrons. The SMILES string of the molecule is Cc1ccc(NC(=S)N/N=C2\CCC[C@H](C)C2)cc1. The summed E-state index contributed by atoms with van der Waals surface area (Å²) in [7, 11) is 0. The smallest absolute Gasteiger partial charge is 0.191 e. The minimum Gasteiger partial charge on any atom is -0.331 e. The molecule has 1 saturated carbocycles. The predicted molar refractivity (Wildman–Crippen MR) is 85.6 cm³/mol. The molecule has 1 aliphatic carbocycles. The van der Waals surface area contributed by atoms with Gasteiger partial charge in [0.2, 0.25) is 0 Å². The maximum Gasteiger partial charge on any atom is 0.191 e. The number of nitrogens with zero attached hydrogens (tertiary/aromatic N) is 1. The van der Waals surface area contributed by atoms with Gasteiger partial charge >= 0.3 is 0 Å². The molecule has 1 aromatic rings. The summed E-state index contributed by atoms with van der Waals surface area (Å²) in [6, 6.07) is 8.14. The first-order valence-electron chi connectivity index (χ1n) is 6.82. The lowest BCUT2D eigenvalue weighted by molar-refractivity contribution is 0.498. The zero-order valence-electron chi connectivity index (χ0n) is 11.6. The van der Waals surface area contributed by atoms with E-state index in [0.29, 0.717) is 5.11 Å². The first kappa shape index (κ1) is 14.0. The number of aryl methyl sites for hydroxylation is 1. The Labute approximate surface area is 120 Å². The monoisotopic (exact) mass is 275 g/mol. The van der Waals surface area contributed by atoms with Gasteiger partial charge in [-0.05, 0) is 62.9 Å². The Morgan fingerprint density at radius 1 is 1.32 bits per heavy atom. The second-order valence-electron chi connectivity index (χ2n) is 5.31. The van der Waals surface area contributed by atoms with Gasteiger partial charge in [0.05, 0.1) is 0 Å². The zero-order valence-corrected chi connectivity index (χ0v) is 12.4. The second-order valence-corrected chi connectivity index (χ2v) is 5.72. The quantitative estimate of drug-likeness (QED) is 0.636. The fourth-order valence-corrected chi connectivity index (χ4v) is 2.45. The van der Waals surface area contributed by atoms with Crippen molar-refractivity contribution in [1.82, 2.24) is 5.43 Å². The Bertz CT molecular complexity index is 465. The van der Waals surface area contributed by atoms with Crippen molar-refractivity contribution in [2.24, 2.45) is 11.0 Å². The Hall–Kier alpha value is -1.42. The Morgan fingerprint density at radius 3 is 2.74 bits per heavy atom. The maximum absolute atomic E-state index is 5.24. The van der Waals surface area contributed by atoms with E-state index in [1.165, 1.54) is 24.1 Å². The maximum atomic E-state index is 5.24. The van der Waals surface area contributed by atoms with Crippen LogP contribution in [0.4, 0.5) is 5.69 Å². The summed E-state index contributed by atoms with van der Waals surface area (Å²) in [5.41, 5.74) is 6.40. The Balaban J connectivity index is 1.84. The number of hydrazone groups is 1. The first-order valence-corrected chi connectivity index (χ1v) is 7.23. The van der Waals surface area contributed by atoms with E-state index in [0.717, 1.165) is 24.4 Å². The van der Waals surface area contributed by atoms with E-state index in [1.807, 2.05) is 12.1 Å². The molecule has 0 heterocycles. The zero-order chi connectivity index (χ0) is 13.7. The van der Waals surface area contributed by atoms with Gasteiger partial charge < -0.3 is 5.32 Å². The minimum atomic E-state index is 0.551. The number of hydrogen-bond donors (Lipinski definition) is 2. The van der Waals surface area contributed by atoms with Gasteiger partial charge in [0.1, 0.15) is 0 Å². The van der Waals surface area contributed by atoms with E-state index < -0.39 is 0 Å². The lowest BCUT2D eigenvalue weighted by atomic mass is 9.89. The number of thiocarbonyl (C=S) groups is 1. The van der Waals surface area contributed by atoms with Crippen LogP contribution >= 0.6 is 12.2 Å². The topological polar surface area (TPSA) is 36.4 Å². The highest BCUT2D eigenvalue weighted by Gasteiger charge is 2.13. The molecule has 0 bridgehead atoms. The van der Waals surface area contributed by atoms with Crippen molar-refractivity contribution in [2.75, 3.05) is 5.32 Å². The third-order valence-corrected chi connectivity index (χ3v) is 3.56. The van der Waals surface area contributed by atoms with Gasteiger partial charge in [-0.25, -0.2) is 0 Å². The fraction of sp³-hybridized carbons (Fsp3) is 0.467. The molecular weight excluding hydrogens is 254 g/mol. The van der Waals surface area contributed by atoms with Gasteiger partial charge in [-0.2, -0.15) is 5.10 Å². The van der Waals surface area contributed by atoms with Crippen molar-refractivity contribution in [1.29, 1.82) is 0 Å². The molecule has 19 heavy (non-hydrogen) atoms. The molecule has 4 heteroatoms. The molecule has 1 fully saturated rings. The van der Waals surface area contributed by atoms with Crippen LogP contribution in [0.1, 0.15) is 38.2 Å². The molecule has 0 aliphatic heterocycles. The second kappa shape index (κ2) is 6.66. The highest BCUT2D eigenvalue weighted by atomic mass is 32.1. The van der Waals surface area contributed by atoms with Crippen molar-refractivity contribution < 1.29 is 0 Å². The number of benzene rings is 1. The van der Waals surface area contributed by atoms with Gasteiger partial charge in [0.25, 0.3) is 0 Å². The summed E-state index contributed by atoms with van der Waals surface area (Å²) in [6.45, 7) is 4.34. The van der Waals surface area contributed by atoms with Gasteiger partial charge in [-0.1, -0.05) is 24.6 Å². The molecule has 0 radical (unpaired) electrons. The number of anilines is 1. The molecular formula is C15H21N3S. The van der Waals surface area contributed by atoms with Crippen LogP contribution in [-0.2, 0) is 0 Å². The van der Waals surface area contributed by atoms with Crippen molar-refractivity contribution in [3.63, 3.8) is 0 Å². The molecule has 1 aromatic carbocycles. The molecule has 3 nitrogen and oxygen atoms in total. The standard InChI is InChI=1S/C15H21N3S/c1-11-6-8-13(9-7-11)16-15(19)18-17-14-5-3-4-12(2)10-14/h6-9,12H,3-5,10H2,1-2H3,(H2,16,18,19)/b17-14+/t12-/m0/s1. The fourth-order valence-electron chi connectivity index (χ4n) is 2.29. The normalized spacial score (nSPS) is 21.2. The molecule has 0 aromatic heterocycles. The Morgan fingerprint density at radius 2 is 2.05 bits per heavy atom. The van der Waals surface area contributed by atoms with E-state index >= 15 is 0 Å². The summed E-state index contributed by atoms with van der Waals surface area (Å²) in [5.74, 6) is 0.743. The molecule has 0 spiro atoms. The average molecular weight is 275 g/mol. The van der Waals surface area contributed by atoms with Gasteiger partial charge in [0.15, 0.2) is 5.11 Å². The number of nitrogens with one attached hydrogen (secondary N) is 2. The van der Waals surface area contributed by atoms with Crippen LogP contribution in [0.5, 0.6) is 0 Å². The molecule has 0 amide bonds. The third-order valence-electron chi connectivity index (χ3n) is 3.37. The molecule has 1 atom stereocenters. The van der Waals surface area contributed by atoms with Crippen LogP contribution in [0, 0.1) is 12.8 Å². The third kappa shape index (κ3) is 4.63. The largest absolute Gasteiger partial charge is 0.331 e. The van der Waals surface area contributed by atoms with Crippen molar-refractivity contribution >= 4 is 28.7 Å². The summed E-state index contributed by atoms with van der Waals surface area (Å²) < 4.78 is 0. The van der Waals surface area contributed by atoms with Crippen LogP contribution in [0.2, 0.25) is 0 Å². The van der Waals surface area contributed by atoms with E-state index in [1.54, 1.807) is 0 Å². The highest BCUT2D eigenvalue weighted by Crippen LogP contribution is 2.20. The summed E-state index contributed by atoms with van der Waals surface area (Å²) in [5, 5.41) is 8.09. The van der Waals surface area contributed by atoms with Gasteiger partial charge in [-0.15, -0.1) is 0 Å². The van der Waals surface area contributed by atoms with Crippen LogP contribution in [0.15, 0.2) is 29.4 Å². The minimum absolute atomic E-state index is 0.551. The van der Waals surface area contributed by atoms with E-state index in [2.05, 4.69) is 41.8 Å². The lowest BCUT2D eigenvalue weighted by Crippen LogP contribution is -2.26. The predicted octanol–water partition coefficient (Wildman–Crippen LogP) is 3.85. The van der Waals surface area contributed by atoms with Gasteiger partial charge in [-0.3, -0.25) is 5.43 Å². The number of rotatable bonds is 2. The lowest BCUT2D eigenvalue weighted by Gasteiger charge is -2.19. The first-order chi connectivity index (χ1) is 9.13. The van der Waals surface area contributed by atoms with E-state index in [9.17, 15) is 0 Å². The average Bonchev–Trinajstić information content (AvgIpc) is 2.39. The summed E-state index contributed by atoms with van der Waals surface area (Å²) in [4.78, 5) is 0. The summed E-state index contributed by atoms with van der Waals surface area (Å²) in [6.07, 6.45) is 4.72. The van der Waals surface area contributed by atoms with Gasteiger partial charge in [0, 0.05) is 11.4 Å².